The molecule has 3 aromatic rings. The predicted molar refractivity (Wildman–Crippen MR) is 113 cm³/mol. The summed E-state index contributed by atoms with van der Waals surface area (Å²) in [6.45, 7) is 9.88. The SMILES string of the molecule is C=C(C)C(=O)OCCn1c2ccccc2c(=O)c2ccccc21.CC.S. The van der Waals surface area contributed by atoms with E-state index in [1.165, 1.54) is 0 Å². The van der Waals surface area contributed by atoms with Crippen molar-refractivity contribution in [2.24, 2.45) is 0 Å². The van der Waals surface area contributed by atoms with Gasteiger partial charge in [-0.25, -0.2) is 4.79 Å². The van der Waals surface area contributed by atoms with Gasteiger partial charge in [0.2, 0.25) is 0 Å². The van der Waals surface area contributed by atoms with E-state index in [4.69, 9.17) is 4.74 Å². The fraction of sp³-hybridized carbons (Fsp3) is 0.238. The Hall–Kier alpha value is -2.53. The molecule has 0 fully saturated rings. The van der Waals surface area contributed by atoms with Gasteiger partial charge in [0.25, 0.3) is 0 Å². The van der Waals surface area contributed by atoms with Gasteiger partial charge in [0, 0.05) is 16.3 Å². The number of benzene rings is 2. The quantitative estimate of drug-likeness (QED) is 0.388. The van der Waals surface area contributed by atoms with Crippen LogP contribution in [-0.4, -0.2) is 17.1 Å². The van der Waals surface area contributed by atoms with E-state index in [1.54, 1.807) is 6.92 Å². The minimum atomic E-state index is -0.403. The molecule has 0 saturated carbocycles. The lowest BCUT2D eigenvalue weighted by molar-refractivity contribution is -0.139. The van der Waals surface area contributed by atoms with Crippen LogP contribution in [0, 0.1) is 0 Å². The Bertz CT molecular complexity index is 916. The monoisotopic (exact) mass is 371 g/mol. The first-order valence-corrected chi connectivity index (χ1v) is 8.42. The molecule has 0 aliphatic carbocycles. The molecule has 0 amide bonds. The molecule has 3 rings (SSSR count). The largest absolute Gasteiger partial charge is 0.460 e. The zero-order valence-corrected chi connectivity index (χ0v) is 16.4. The Kier molecular flexibility index (Phi) is 8.13. The summed E-state index contributed by atoms with van der Waals surface area (Å²) in [6.07, 6.45) is 0. The van der Waals surface area contributed by atoms with Crippen molar-refractivity contribution in [3.63, 3.8) is 0 Å². The van der Waals surface area contributed by atoms with Gasteiger partial charge in [-0.3, -0.25) is 4.79 Å². The second-order valence-corrected chi connectivity index (χ2v) is 5.43. The van der Waals surface area contributed by atoms with Crippen molar-refractivity contribution in [1.82, 2.24) is 4.57 Å². The van der Waals surface area contributed by atoms with Crippen LogP contribution in [0.4, 0.5) is 0 Å². The lowest BCUT2D eigenvalue weighted by atomic mass is 10.1. The molecule has 0 saturated heterocycles. The highest BCUT2D eigenvalue weighted by Crippen LogP contribution is 2.19. The molecule has 0 aliphatic rings. The van der Waals surface area contributed by atoms with E-state index in [0.29, 0.717) is 22.9 Å². The number of rotatable bonds is 4. The van der Waals surface area contributed by atoms with Gasteiger partial charge in [-0.15, -0.1) is 0 Å². The van der Waals surface area contributed by atoms with Gasteiger partial charge in [-0.2, -0.15) is 13.5 Å². The molecule has 5 heteroatoms. The lowest BCUT2D eigenvalue weighted by Crippen LogP contribution is -2.16. The van der Waals surface area contributed by atoms with Crippen LogP contribution in [0.3, 0.4) is 0 Å². The smallest absolute Gasteiger partial charge is 0.333 e. The molecule has 1 aromatic heterocycles. The minimum absolute atomic E-state index is 0. The van der Waals surface area contributed by atoms with Crippen molar-refractivity contribution < 1.29 is 9.53 Å². The molecule has 4 nitrogen and oxygen atoms in total. The zero-order valence-electron chi connectivity index (χ0n) is 15.4. The summed E-state index contributed by atoms with van der Waals surface area (Å²) in [5.74, 6) is -0.403. The fourth-order valence-corrected chi connectivity index (χ4v) is 2.67. The first-order valence-electron chi connectivity index (χ1n) is 8.42. The normalized spacial score (nSPS) is 9.81. The summed E-state index contributed by atoms with van der Waals surface area (Å²) in [7, 11) is 0. The minimum Gasteiger partial charge on any atom is -0.460 e. The van der Waals surface area contributed by atoms with Crippen LogP contribution < -0.4 is 5.43 Å². The molecular weight excluding hydrogens is 346 g/mol. The Morgan fingerprint density at radius 1 is 1.00 bits per heavy atom. The fourth-order valence-electron chi connectivity index (χ4n) is 2.67. The summed E-state index contributed by atoms with van der Waals surface area (Å²) >= 11 is 0. The number of aromatic nitrogens is 1. The van der Waals surface area contributed by atoms with Gasteiger partial charge in [0.05, 0.1) is 17.6 Å². The molecule has 2 aromatic carbocycles. The highest BCUT2D eigenvalue weighted by Gasteiger charge is 2.10. The summed E-state index contributed by atoms with van der Waals surface area (Å²) in [4.78, 5) is 24.1. The van der Waals surface area contributed by atoms with Gasteiger partial charge in [-0.1, -0.05) is 44.7 Å². The number of hydrogen-bond donors (Lipinski definition) is 0. The Morgan fingerprint density at radius 3 is 1.92 bits per heavy atom. The molecule has 0 unspecified atom stereocenters. The van der Waals surface area contributed by atoms with Crippen LogP contribution in [0.15, 0.2) is 65.5 Å². The first kappa shape index (κ1) is 21.5. The van der Waals surface area contributed by atoms with Crippen molar-refractivity contribution in [1.29, 1.82) is 0 Å². The van der Waals surface area contributed by atoms with Crippen LogP contribution >= 0.6 is 13.5 Å². The Morgan fingerprint density at radius 2 is 1.46 bits per heavy atom. The van der Waals surface area contributed by atoms with Crippen LogP contribution in [-0.2, 0) is 16.1 Å². The molecule has 1 heterocycles. The van der Waals surface area contributed by atoms with E-state index >= 15 is 0 Å². The van der Waals surface area contributed by atoms with E-state index in [0.717, 1.165) is 11.0 Å². The van der Waals surface area contributed by atoms with Gasteiger partial charge < -0.3 is 9.30 Å². The third-order valence-corrected chi connectivity index (χ3v) is 3.78. The van der Waals surface area contributed by atoms with Gasteiger partial charge in [0.15, 0.2) is 5.43 Å². The zero-order chi connectivity index (χ0) is 18.4. The van der Waals surface area contributed by atoms with E-state index in [2.05, 4.69) is 6.58 Å². The number of para-hydroxylation sites is 2. The maximum atomic E-state index is 12.6. The molecular formula is C21H25NO3S. The number of carbonyl (C=O) groups is 1. The number of ether oxygens (including phenoxy) is 1. The maximum absolute atomic E-state index is 12.6. The topological polar surface area (TPSA) is 48.3 Å². The second-order valence-electron chi connectivity index (χ2n) is 5.43. The molecule has 0 N–H and O–H groups in total. The van der Waals surface area contributed by atoms with Crippen LogP contribution in [0.25, 0.3) is 21.8 Å². The Labute approximate surface area is 160 Å². The molecule has 0 atom stereocenters. The molecule has 0 bridgehead atoms. The van der Waals surface area contributed by atoms with Crippen molar-refractivity contribution in [3.8, 4) is 0 Å². The molecule has 0 radical (unpaired) electrons. The molecule has 0 aliphatic heterocycles. The van der Waals surface area contributed by atoms with Gasteiger partial charge >= 0.3 is 5.97 Å². The van der Waals surface area contributed by atoms with E-state index in [-0.39, 0.29) is 25.5 Å². The maximum Gasteiger partial charge on any atom is 0.333 e. The molecule has 26 heavy (non-hydrogen) atoms. The summed E-state index contributed by atoms with van der Waals surface area (Å²) in [5.41, 5.74) is 2.07. The highest BCUT2D eigenvalue weighted by molar-refractivity contribution is 7.59. The lowest BCUT2D eigenvalue weighted by Gasteiger charge is -2.15. The third-order valence-electron chi connectivity index (χ3n) is 3.78. The second kappa shape index (κ2) is 9.82. The third kappa shape index (κ3) is 4.35. The van der Waals surface area contributed by atoms with Crippen LogP contribution in [0.2, 0.25) is 0 Å². The molecule has 138 valence electrons. The molecule has 0 spiro atoms. The number of pyridine rings is 1. The van der Waals surface area contributed by atoms with Crippen LogP contribution in [0.1, 0.15) is 20.8 Å². The highest BCUT2D eigenvalue weighted by atomic mass is 32.1. The standard InChI is InChI=1S/C19H17NO3.C2H6.H2S/c1-13(2)19(22)23-12-11-20-16-9-5-3-7-14(16)18(21)15-8-4-6-10-17(15)20;1-2;/h3-10H,1,11-12H2,2H3;1-2H3;1H2. The van der Waals surface area contributed by atoms with E-state index in [9.17, 15) is 9.59 Å². The average molecular weight is 372 g/mol. The number of hydrogen-bond acceptors (Lipinski definition) is 3. The van der Waals surface area contributed by atoms with E-state index < -0.39 is 5.97 Å². The number of fused-ring (bicyclic) bond motifs is 2. The van der Waals surface area contributed by atoms with Gasteiger partial charge in [0.1, 0.15) is 6.61 Å². The number of esters is 1. The van der Waals surface area contributed by atoms with Crippen molar-refractivity contribution in [2.75, 3.05) is 6.61 Å². The Balaban J connectivity index is 0.00000109. The predicted octanol–water partition coefficient (Wildman–Crippen LogP) is 4.41. The van der Waals surface area contributed by atoms with Crippen molar-refractivity contribution in [2.45, 2.75) is 27.3 Å². The number of nitrogens with zero attached hydrogens (tertiary/aromatic N) is 1. The summed E-state index contributed by atoms with van der Waals surface area (Å²) < 4.78 is 7.21. The number of carbonyl (C=O) groups excluding carboxylic acids is 1. The van der Waals surface area contributed by atoms with Crippen molar-refractivity contribution in [3.05, 3.63) is 70.9 Å². The van der Waals surface area contributed by atoms with Crippen LogP contribution in [0.5, 0.6) is 0 Å². The summed E-state index contributed by atoms with van der Waals surface area (Å²) in [6, 6.07) is 14.9. The van der Waals surface area contributed by atoms with E-state index in [1.807, 2.05) is 66.9 Å². The summed E-state index contributed by atoms with van der Waals surface area (Å²) in [5, 5.41) is 1.33. The first-order chi connectivity index (χ1) is 12.1. The average Bonchev–Trinajstić information content (AvgIpc) is 2.66. The van der Waals surface area contributed by atoms with Gasteiger partial charge in [-0.05, 0) is 31.2 Å². The van der Waals surface area contributed by atoms with Crippen molar-refractivity contribution >= 4 is 41.3 Å².